The molecule has 3 aromatic carbocycles. The number of benzene rings is 3. The van der Waals surface area contributed by atoms with Gasteiger partial charge < -0.3 is 10.1 Å². The minimum absolute atomic E-state index is 0.0688. The fourth-order valence-corrected chi connectivity index (χ4v) is 5.19. The van der Waals surface area contributed by atoms with Crippen LogP contribution >= 0.6 is 15.9 Å². The predicted octanol–water partition coefficient (Wildman–Crippen LogP) is 6.03. The van der Waals surface area contributed by atoms with Crippen LogP contribution in [0.4, 0.5) is 4.39 Å². The van der Waals surface area contributed by atoms with Crippen LogP contribution in [0.5, 0.6) is 0 Å². The Morgan fingerprint density at radius 3 is 2.50 bits per heavy atom. The van der Waals surface area contributed by atoms with E-state index in [1.165, 1.54) is 11.1 Å². The Labute approximate surface area is 225 Å². The molecule has 2 heterocycles. The third kappa shape index (κ3) is 5.02. The summed E-state index contributed by atoms with van der Waals surface area (Å²) in [6, 6.07) is 20.4. The van der Waals surface area contributed by atoms with E-state index in [2.05, 4.69) is 26.0 Å². The topological polar surface area (TPSA) is 103 Å². The van der Waals surface area contributed by atoms with Crippen molar-refractivity contribution in [3.63, 3.8) is 0 Å². The van der Waals surface area contributed by atoms with Gasteiger partial charge in [-0.3, -0.25) is 14.4 Å². The average molecular weight is 576 g/mol. The van der Waals surface area contributed by atoms with Crippen LogP contribution in [0, 0.1) is 5.82 Å². The highest BCUT2D eigenvalue weighted by atomic mass is 79.9. The van der Waals surface area contributed by atoms with E-state index in [4.69, 9.17) is 5.11 Å². The van der Waals surface area contributed by atoms with Crippen molar-refractivity contribution in [2.45, 2.75) is 31.7 Å². The molecule has 0 radical (unpaired) electrons. The van der Waals surface area contributed by atoms with Gasteiger partial charge in [0.05, 0.1) is 17.3 Å². The van der Waals surface area contributed by atoms with Crippen LogP contribution in [0.3, 0.4) is 0 Å². The van der Waals surface area contributed by atoms with Gasteiger partial charge in [0.25, 0.3) is 5.56 Å². The number of nitrogens with one attached hydrogen (secondary N) is 1. The molecule has 1 atom stereocenters. The highest BCUT2D eigenvalue weighted by Gasteiger charge is 2.36. The summed E-state index contributed by atoms with van der Waals surface area (Å²) in [4.78, 5) is 40.6. The number of aromatic amines is 1. The van der Waals surface area contributed by atoms with Crippen molar-refractivity contribution in [1.29, 1.82) is 0 Å². The standard InChI is InChI=1S/C29H23BrFN3O4/c30-18-13-14-22-20(15-18)27(17-7-2-1-3-8-17)28(29(38)32-22)23-16-24(19-9-4-5-10-21(19)31)34(33-23)25(35)11-6-12-26(36)37/h1-5,7-10,13-15,24H,6,11-12,16H2,(H,32,38)(H,36,37)/t24-/m1/s1. The first-order valence-electron chi connectivity index (χ1n) is 12.1. The van der Waals surface area contributed by atoms with Gasteiger partial charge in [0.15, 0.2) is 0 Å². The van der Waals surface area contributed by atoms with Gasteiger partial charge in [-0.2, -0.15) is 5.10 Å². The summed E-state index contributed by atoms with van der Waals surface area (Å²) in [7, 11) is 0. The lowest BCUT2D eigenvalue weighted by Crippen LogP contribution is -2.27. The Kier molecular flexibility index (Phi) is 7.20. The molecule has 0 fully saturated rings. The third-order valence-electron chi connectivity index (χ3n) is 6.54. The van der Waals surface area contributed by atoms with Crippen molar-refractivity contribution in [2.24, 2.45) is 5.10 Å². The van der Waals surface area contributed by atoms with Crippen molar-refractivity contribution in [3.05, 3.63) is 105 Å². The molecule has 0 saturated carbocycles. The number of carbonyl (C=O) groups excluding carboxylic acids is 1. The zero-order valence-corrected chi connectivity index (χ0v) is 21.7. The molecule has 1 aliphatic rings. The van der Waals surface area contributed by atoms with Gasteiger partial charge in [0, 0.05) is 45.8 Å². The molecule has 192 valence electrons. The van der Waals surface area contributed by atoms with E-state index < -0.39 is 23.7 Å². The van der Waals surface area contributed by atoms with Gasteiger partial charge in [-0.05, 0) is 36.2 Å². The molecule has 2 N–H and O–H groups in total. The number of aliphatic carboxylic acids is 1. The second kappa shape index (κ2) is 10.7. The maximum atomic E-state index is 14.9. The highest BCUT2D eigenvalue weighted by Crippen LogP contribution is 2.38. The number of carbonyl (C=O) groups is 2. The zero-order chi connectivity index (χ0) is 26.8. The van der Waals surface area contributed by atoms with Crippen LogP contribution in [0.25, 0.3) is 22.0 Å². The molecule has 1 amide bonds. The van der Waals surface area contributed by atoms with Gasteiger partial charge in [-0.15, -0.1) is 0 Å². The number of hydrogen-bond donors (Lipinski definition) is 2. The summed E-state index contributed by atoms with van der Waals surface area (Å²) < 4.78 is 15.7. The largest absolute Gasteiger partial charge is 0.481 e. The molecule has 0 aliphatic carbocycles. The Hall–Kier alpha value is -4.11. The van der Waals surface area contributed by atoms with Crippen molar-refractivity contribution >= 4 is 44.4 Å². The Morgan fingerprint density at radius 2 is 1.76 bits per heavy atom. The van der Waals surface area contributed by atoms with Crippen molar-refractivity contribution in [3.8, 4) is 11.1 Å². The summed E-state index contributed by atoms with van der Waals surface area (Å²) in [5.41, 5.74) is 2.68. The number of amides is 1. The van der Waals surface area contributed by atoms with E-state index >= 15 is 0 Å². The van der Waals surface area contributed by atoms with E-state index in [1.54, 1.807) is 18.2 Å². The molecule has 0 spiro atoms. The lowest BCUT2D eigenvalue weighted by Gasteiger charge is -2.22. The van der Waals surface area contributed by atoms with E-state index in [9.17, 15) is 18.8 Å². The Balaban J connectivity index is 1.68. The van der Waals surface area contributed by atoms with Gasteiger partial charge in [-0.25, -0.2) is 9.40 Å². The normalized spacial score (nSPS) is 15.1. The first-order valence-corrected chi connectivity index (χ1v) is 12.9. The van der Waals surface area contributed by atoms with Crippen LogP contribution in [-0.2, 0) is 9.59 Å². The molecule has 0 saturated heterocycles. The van der Waals surface area contributed by atoms with Gasteiger partial charge in [0.1, 0.15) is 5.82 Å². The molecule has 1 aliphatic heterocycles. The summed E-state index contributed by atoms with van der Waals surface area (Å²) in [5, 5.41) is 15.6. The fraction of sp³-hybridized carbons (Fsp3) is 0.172. The number of H-pyrrole nitrogens is 1. The molecule has 4 aromatic rings. The number of pyridine rings is 1. The van der Waals surface area contributed by atoms with Crippen LogP contribution in [0.15, 0.2) is 87.2 Å². The van der Waals surface area contributed by atoms with Gasteiger partial charge in [0.2, 0.25) is 5.91 Å². The summed E-state index contributed by atoms with van der Waals surface area (Å²) in [6.45, 7) is 0. The minimum Gasteiger partial charge on any atom is -0.481 e. The number of halogens is 2. The molecule has 0 unspecified atom stereocenters. The maximum Gasteiger partial charge on any atom is 0.303 e. The van der Waals surface area contributed by atoms with E-state index in [0.29, 0.717) is 22.4 Å². The molecule has 0 bridgehead atoms. The van der Waals surface area contributed by atoms with Gasteiger partial charge in [-0.1, -0.05) is 64.5 Å². The molecular weight excluding hydrogens is 553 g/mol. The van der Waals surface area contributed by atoms with Crippen molar-refractivity contribution in [2.75, 3.05) is 0 Å². The smallest absolute Gasteiger partial charge is 0.303 e. The van der Waals surface area contributed by atoms with Crippen LogP contribution in [0.2, 0.25) is 0 Å². The molecular formula is C29H23BrFN3O4. The lowest BCUT2D eigenvalue weighted by molar-refractivity contribution is -0.137. The highest BCUT2D eigenvalue weighted by molar-refractivity contribution is 9.10. The molecule has 5 rings (SSSR count). The summed E-state index contributed by atoms with van der Waals surface area (Å²) >= 11 is 3.52. The maximum absolute atomic E-state index is 14.9. The van der Waals surface area contributed by atoms with E-state index in [0.717, 1.165) is 15.4 Å². The van der Waals surface area contributed by atoms with Crippen LogP contribution in [0.1, 0.15) is 42.9 Å². The third-order valence-corrected chi connectivity index (χ3v) is 7.03. The molecule has 7 nitrogen and oxygen atoms in total. The fourth-order valence-electron chi connectivity index (χ4n) is 4.83. The first-order chi connectivity index (χ1) is 18.3. The molecule has 38 heavy (non-hydrogen) atoms. The minimum atomic E-state index is -1.00. The number of carboxylic acid groups (broad SMARTS) is 1. The van der Waals surface area contributed by atoms with E-state index in [1.807, 2.05) is 48.5 Å². The number of aromatic nitrogens is 1. The lowest BCUT2D eigenvalue weighted by atomic mass is 9.91. The first kappa shape index (κ1) is 25.5. The molecule has 9 heteroatoms. The second-order valence-electron chi connectivity index (χ2n) is 9.03. The van der Waals surface area contributed by atoms with E-state index in [-0.39, 0.29) is 36.8 Å². The second-order valence-corrected chi connectivity index (χ2v) is 9.95. The van der Waals surface area contributed by atoms with Crippen molar-refractivity contribution in [1.82, 2.24) is 9.99 Å². The number of hydrogen-bond acceptors (Lipinski definition) is 4. The zero-order valence-electron chi connectivity index (χ0n) is 20.2. The monoisotopic (exact) mass is 575 g/mol. The average Bonchev–Trinajstić information content (AvgIpc) is 3.33. The number of carboxylic acids is 1. The number of hydrazone groups is 1. The van der Waals surface area contributed by atoms with Crippen molar-refractivity contribution < 1.29 is 19.1 Å². The quantitative estimate of drug-likeness (QED) is 0.281. The Bertz CT molecular complexity index is 1630. The summed E-state index contributed by atoms with van der Waals surface area (Å²) in [5.74, 6) is -1.93. The number of rotatable bonds is 7. The number of fused-ring (bicyclic) bond motifs is 1. The summed E-state index contributed by atoms with van der Waals surface area (Å²) in [6.07, 6.45) is 0.00583. The predicted molar refractivity (Wildman–Crippen MR) is 146 cm³/mol. The van der Waals surface area contributed by atoms with Gasteiger partial charge >= 0.3 is 5.97 Å². The molecule has 1 aromatic heterocycles. The SMILES string of the molecule is O=C(O)CCCC(=O)N1N=C(c2c(-c3ccccc3)c3cc(Br)ccc3[nH]c2=O)C[C@@H]1c1ccccc1F. The number of nitrogens with zero attached hydrogens (tertiary/aromatic N) is 2. The van der Waals surface area contributed by atoms with Crippen LogP contribution in [-0.4, -0.2) is 32.7 Å². The van der Waals surface area contributed by atoms with Crippen LogP contribution < -0.4 is 5.56 Å². The Morgan fingerprint density at radius 1 is 1.03 bits per heavy atom.